The van der Waals surface area contributed by atoms with Gasteiger partial charge in [0.25, 0.3) is 0 Å². The number of benzene rings is 2. The van der Waals surface area contributed by atoms with Gasteiger partial charge in [-0.3, -0.25) is 0 Å². The van der Waals surface area contributed by atoms with Gasteiger partial charge in [0.1, 0.15) is 5.82 Å². The van der Waals surface area contributed by atoms with Crippen molar-refractivity contribution < 1.29 is 9.18 Å². The summed E-state index contributed by atoms with van der Waals surface area (Å²) in [6, 6.07) is 9.65. The van der Waals surface area contributed by atoms with Crippen LogP contribution in [0.15, 0.2) is 36.4 Å². The van der Waals surface area contributed by atoms with E-state index in [0.29, 0.717) is 12.2 Å². The van der Waals surface area contributed by atoms with E-state index in [1.165, 1.54) is 12.1 Å². The number of halogens is 1. The second kappa shape index (κ2) is 4.82. The van der Waals surface area contributed by atoms with Crippen LogP contribution >= 0.6 is 0 Å². The molecule has 88 valence electrons. The molecule has 2 amide bonds. The van der Waals surface area contributed by atoms with Crippen LogP contribution in [0.5, 0.6) is 0 Å². The molecule has 0 heterocycles. The van der Waals surface area contributed by atoms with Crippen molar-refractivity contribution in [2.24, 2.45) is 0 Å². The highest BCUT2D eigenvalue weighted by Gasteiger charge is 2.01. The average molecular weight is 232 g/mol. The molecule has 4 heteroatoms. The van der Waals surface area contributed by atoms with E-state index in [2.05, 4.69) is 10.6 Å². The average Bonchev–Trinajstić information content (AvgIpc) is 2.29. The first-order valence-corrected chi connectivity index (χ1v) is 5.43. The molecule has 0 bridgehead atoms. The van der Waals surface area contributed by atoms with Gasteiger partial charge in [0.15, 0.2) is 0 Å². The van der Waals surface area contributed by atoms with Crippen molar-refractivity contribution in [1.82, 2.24) is 5.32 Å². The minimum Gasteiger partial charge on any atom is -0.338 e. The first-order chi connectivity index (χ1) is 8.19. The molecule has 0 atom stereocenters. The quantitative estimate of drug-likeness (QED) is 0.820. The topological polar surface area (TPSA) is 41.1 Å². The fourth-order valence-electron chi connectivity index (χ4n) is 1.63. The third-order valence-electron chi connectivity index (χ3n) is 2.40. The highest BCUT2D eigenvalue weighted by molar-refractivity contribution is 5.93. The van der Waals surface area contributed by atoms with Crippen molar-refractivity contribution in [2.75, 3.05) is 11.9 Å². The van der Waals surface area contributed by atoms with E-state index in [9.17, 15) is 9.18 Å². The van der Waals surface area contributed by atoms with Crippen LogP contribution < -0.4 is 10.6 Å². The number of hydrogen-bond acceptors (Lipinski definition) is 1. The Morgan fingerprint density at radius 2 is 1.88 bits per heavy atom. The third-order valence-corrected chi connectivity index (χ3v) is 2.40. The number of fused-ring (bicyclic) bond motifs is 1. The highest BCUT2D eigenvalue weighted by Crippen LogP contribution is 2.20. The molecule has 3 nitrogen and oxygen atoms in total. The summed E-state index contributed by atoms with van der Waals surface area (Å²) >= 11 is 0. The minimum atomic E-state index is -0.262. The number of nitrogens with one attached hydrogen (secondary N) is 2. The smallest absolute Gasteiger partial charge is 0.319 e. The van der Waals surface area contributed by atoms with Crippen molar-refractivity contribution in [1.29, 1.82) is 0 Å². The van der Waals surface area contributed by atoms with Crippen molar-refractivity contribution >= 4 is 22.5 Å². The van der Waals surface area contributed by atoms with Crippen LogP contribution in [-0.4, -0.2) is 12.6 Å². The predicted octanol–water partition coefficient (Wildman–Crippen LogP) is 3.12. The van der Waals surface area contributed by atoms with Crippen molar-refractivity contribution in [3.05, 3.63) is 42.2 Å². The van der Waals surface area contributed by atoms with E-state index in [-0.39, 0.29) is 11.8 Å². The lowest BCUT2D eigenvalue weighted by Crippen LogP contribution is -2.28. The molecule has 2 rings (SSSR count). The zero-order valence-corrected chi connectivity index (χ0v) is 9.46. The van der Waals surface area contributed by atoms with E-state index in [1.54, 1.807) is 18.2 Å². The Morgan fingerprint density at radius 1 is 1.18 bits per heavy atom. The van der Waals surface area contributed by atoms with Gasteiger partial charge >= 0.3 is 6.03 Å². The molecule has 0 spiro atoms. The van der Waals surface area contributed by atoms with Crippen LogP contribution in [-0.2, 0) is 0 Å². The Hall–Kier alpha value is -2.10. The van der Waals surface area contributed by atoms with Gasteiger partial charge in [-0.05, 0) is 42.0 Å². The van der Waals surface area contributed by atoms with Gasteiger partial charge in [-0.15, -0.1) is 0 Å². The van der Waals surface area contributed by atoms with Crippen LogP contribution in [0.1, 0.15) is 6.92 Å². The molecule has 0 aliphatic rings. The van der Waals surface area contributed by atoms with Gasteiger partial charge < -0.3 is 10.6 Å². The molecule has 17 heavy (non-hydrogen) atoms. The van der Waals surface area contributed by atoms with Gasteiger partial charge in [-0.25, -0.2) is 9.18 Å². The maximum Gasteiger partial charge on any atom is 0.319 e. The maximum absolute atomic E-state index is 13.0. The van der Waals surface area contributed by atoms with Crippen LogP contribution in [0.4, 0.5) is 14.9 Å². The summed E-state index contributed by atoms with van der Waals surface area (Å²) in [6.07, 6.45) is 0. The number of anilines is 1. The Morgan fingerprint density at radius 3 is 2.65 bits per heavy atom. The Balaban J connectivity index is 2.26. The van der Waals surface area contributed by atoms with Crippen LogP contribution in [0, 0.1) is 5.82 Å². The number of hydrogen-bond donors (Lipinski definition) is 2. The van der Waals surface area contributed by atoms with E-state index in [1.807, 2.05) is 13.0 Å². The monoisotopic (exact) mass is 232 g/mol. The van der Waals surface area contributed by atoms with E-state index in [0.717, 1.165) is 10.8 Å². The maximum atomic E-state index is 13.0. The molecule has 0 aromatic heterocycles. The minimum absolute atomic E-state index is 0.242. The zero-order chi connectivity index (χ0) is 12.3. The van der Waals surface area contributed by atoms with Gasteiger partial charge in [0.2, 0.25) is 0 Å². The number of amides is 2. The van der Waals surface area contributed by atoms with Crippen molar-refractivity contribution in [2.45, 2.75) is 6.92 Å². The molecule has 2 N–H and O–H groups in total. The summed E-state index contributed by atoms with van der Waals surface area (Å²) < 4.78 is 13.0. The largest absolute Gasteiger partial charge is 0.338 e. The lowest BCUT2D eigenvalue weighted by atomic mass is 10.1. The first-order valence-electron chi connectivity index (χ1n) is 5.43. The van der Waals surface area contributed by atoms with Gasteiger partial charge in [0, 0.05) is 12.2 Å². The molecule has 0 unspecified atom stereocenters. The lowest BCUT2D eigenvalue weighted by Gasteiger charge is -2.07. The van der Waals surface area contributed by atoms with Gasteiger partial charge in [0.05, 0.1) is 0 Å². The molecule has 0 saturated carbocycles. The predicted molar refractivity (Wildman–Crippen MR) is 66.6 cm³/mol. The normalized spacial score (nSPS) is 10.2. The number of urea groups is 1. The van der Waals surface area contributed by atoms with Crippen LogP contribution in [0.3, 0.4) is 0 Å². The SMILES string of the molecule is CCNC(=O)Nc1ccc2cc(F)ccc2c1. The molecule has 2 aromatic carbocycles. The molecule has 0 aliphatic heterocycles. The van der Waals surface area contributed by atoms with E-state index >= 15 is 0 Å². The molecule has 2 aromatic rings. The Bertz CT molecular complexity index is 554. The first kappa shape index (κ1) is 11.4. The van der Waals surface area contributed by atoms with Crippen molar-refractivity contribution in [3.8, 4) is 0 Å². The summed E-state index contributed by atoms with van der Waals surface area (Å²) in [6.45, 7) is 2.42. The summed E-state index contributed by atoms with van der Waals surface area (Å²) in [7, 11) is 0. The summed E-state index contributed by atoms with van der Waals surface area (Å²) in [5.41, 5.74) is 0.690. The zero-order valence-electron chi connectivity index (χ0n) is 9.46. The molecular formula is C13H13FN2O. The summed E-state index contributed by atoms with van der Waals surface area (Å²) in [5.74, 6) is -0.262. The van der Waals surface area contributed by atoms with Crippen molar-refractivity contribution in [3.63, 3.8) is 0 Å². The number of carbonyl (C=O) groups excluding carboxylic acids is 1. The van der Waals surface area contributed by atoms with Crippen LogP contribution in [0.25, 0.3) is 10.8 Å². The second-order valence-corrected chi connectivity index (χ2v) is 3.69. The van der Waals surface area contributed by atoms with Crippen LogP contribution in [0.2, 0.25) is 0 Å². The number of rotatable bonds is 2. The molecule has 0 saturated heterocycles. The Labute approximate surface area is 98.6 Å². The lowest BCUT2D eigenvalue weighted by molar-refractivity contribution is 0.252. The van der Waals surface area contributed by atoms with Gasteiger partial charge in [-0.2, -0.15) is 0 Å². The number of carbonyl (C=O) groups is 1. The molecular weight excluding hydrogens is 219 g/mol. The van der Waals surface area contributed by atoms with Gasteiger partial charge in [-0.1, -0.05) is 12.1 Å². The Kier molecular flexibility index (Phi) is 3.23. The summed E-state index contributed by atoms with van der Waals surface area (Å²) in [4.78, 5) is 11.3. The third kappa shape index (κ3) is 2.72. The standard InChI is InChI=1S/C13H13FN2O/c1-2-15-13(17)16-12-6-4-9-7-11(14)5-3-10(9)8-12/h3-8H,2H2,1H3,(H2,15,16,17). The van der Waals surface area contributed by atoms with E-state index < -0.39 is 0 Å². The summed E-state index contributed by atoms with van der Waals surface area (Å²) in [5, 5.41) is 7.05. The fourth-order valence-corrected chi connectivity index (χ4v) is 1.63. The highest BCUT2D eigenvalue weighted by atomic mass is 19.1. The fraction of sp³-hybridized carbons (Fsp3) is 0.154. The molecule has 0 radical (unpaired) electrons. The molecule has 0 fully saturated rings. The molecule has 0 aliphatic carbocycles. The second-order valence-electron chi connectivity index (χ2n) is 3.69. The van der Waals surface area contributed by atoms with E-state index in [4.69, 9.17) is 0 Å².